The molecule has 0 aromatic heterocycles. The van der Waals surface area contributed by atoms with Crippen LogP contribution in [0.15, 0.2) is 24.3 Å². The number of rotatable bonds is 11. The third-order valence-electron chi connectivity index (χ3n) is 4.90. The third-order valence-corrected chi connectivity index (χ3v) is 4.90. The Balaban J connectivity index is 1.73. The Hall–Kier alpha value is -1.75. The molecule has 1 aliphatic rings. The molecule has 1 fully saturated rings. The molecular formula is C22H36N2O3. The van der Waals surface area contributed by atoms with Crippen molar-refractivity contribution in [3.63, 3.8) is 0 Å². The van der Waals surface area contributed by atoms with Crippen molar-refractivity contribution in [3.05, 3.63) is 24.3 Å². The van der Waals surface area contributed by atoms with Gasteiger partial charge < -0.3 is 9.47 Å². The van der Waals surface area contributed by atoms with E-state index >= 15 is 0 Å². The van der Waals surface area contributed by atoms with Gasteiger partial charge >= 0.3 is 6.09 Å². The number of amides is 1. The third kappa shape index (κ3) is 8.65. The lowest BCUT2D eigenvalue weighted by atomic mass is 10.1. The molecule has 1 saturated heterocycles. The molecule has 152 valence electrons. The number of para-hydroxylation sites is 2. The summed E-state index contributed by atoms with van der Waals surface area (Å²) in [5, 5.41) is 2.84. The zero-order valence-corrected chi connectivity index (χ0v) is 17.0. The van der Waals surface area contributed by atoms with Gasteiger partial charge in [0.2, 0.25) is 0 Å². The number of hydrogen-bond acceptors (Lipinski definition) is 4. The van der Waals surface area contributed by atoms with Crippen LogP contribution in [0.3, 0.4) is 0 Å². The molecule has 5 heteroatoms. The average molecular weight is 377 g/mol. The quantitative estimate of drug-likeness (QED) is 0.521. The van der Waals surface area contributed by atoms with E-state index in [-0.39, 0.29) is 6.10 Å². The summed E-state index contributed by atoms with van der Waals surface area (Å²) < 4.78 is 11.4. The smallest absolute Gasteiger partial charge is 0.412 e. The molecule has 1 aliphatic heterocycles. The first-order valence-electron chi connectivity index (χ1n) is 10.6. The van der Waals surface area contributed by atoms with Crippen LogP contribution in [0.5, 0.6) is 5.75 Å². The molecule has 5 nitrogen and oxygen atoms in total. The second-order valence-electron chi connectivity index (χ2n) is 7.46. The molecule has 1 aromatic rings. The molecule has 0 saturated carbocycles. The molecule has 0 bridgehead atoms. The monoisotopic (exact) mass is 376 g/mol. The largest absolute Gasteiger partial charge is 0.491 e. The van der Waals surface area contributed by atoms with E-state index in [1.165, 1.54) is 44.9 Å². The van der Waals surface area contributed by atoms with Gasteiger partial charge in [-0.2, -0.15) is 0 Å². The van der Waals surface area contributed by atoms with E-state index in [9.17, 15) is 4.79 Å². The molecule has 1 atom stereocenters. The Morgan fingerprint density at radius 3 is 2.63 bits per heavy atom. The number of unbranched alkanes of at least 4 members (excludes halogenated alkanes) is 4. The van der Waals surface area contributed by atoms with E-state index < -0.39 is 6.09 Å². The summed E-state index contributed by atoms with van der Waals surface area (Å²) >= 11 is 0. The molecule has 1 heterocycles. The van der Waals surface area contributed by atoms with Gasteiger partial charge in [-0.05, 0) is 51.4 Å². The Labute approximate surface area is 164 Å². The molecule has 0 unspecified atom stereocenters. The van der Waals surface area contributed by atoms with Gasteiger partial charge in [-0.15, -0.1) is 0 Å². The van der Waals surface area contributed by atoms with Gasteiger partial charge in [-0.3, -0.25) is 10.2 Å². The second kappa shape index (κ2) is 12.6. The van der Waals surface area contributed by atoms with E-state index in [4.69, 9.17) is 9.47 Å². The van der Waals surface area contributed by atoms with Crippen molar-refractivity contribution in [2.24, 2.45) is 0 Å². The van der Waals surface area contributed by atoms with Crippen molar-refractivity contribution in [2.45, 2.75) is 71.3 Å². The Morgan fingerprint density at radius 2 is 1.85 bits per heavy atom. The molecule has 1 N–H and O–H groups in total. The number of nitrogens with one attached hydrogen (secondary N) is 1. The van der Waals surface area contributed by atoms with Crippen LogP contribution in [0, 0.1) is 0 Å². The maximum Gasteiger partial charge on any atom is 0.412 e. The lowest BCUT2D eigenvalue weighted by Gasteiger charge is -2.28. The zero-order chi connectivity index (χ0) is 19.3. The lowest BCUT2D eigenvalue weighted by molar-refractivity contribution is 0.0832. The fourth-order valence-corrected chi connectivity index (χ4v) is 3.45. The van der Waals surface area contributed by atoms with Gasteiger partial charge in [0, 0.05) is 6.54 Å². The van der Waals surface area contributed by atoms with E-state index in [0.717, 1.165) is 26.1 Å². The Morgan fingerprint density at radius 1 is 1.11 bits per heavy atom. The number of benzene rings is 1. The van der Waals surface area contributed by atoms with Crippen LogP contribution in [-0.4, -0.2) is 43.3 Å². The lowest BCUT2D eigenvalue weighted by Crippen LogP contribution is -2.37. The summed E-state index contributed by atoms with van der Waals surface area (Å²) in [6.45, 7) is 7.83. The number of carbonyl (C=O) groups is 1. The summed E-state index contributed by atoms with van der Waals surface area (Å²) in [7, 11) is 0. The molecule has 27 heavy (non-hydrogen) atoms. The fourth-order valence-electron chi connectivity index (χ4n) is 3.45. The highest BCUT2D eigenvalue weighted by Crippen LogP contribution is 2.24. The normalized spacial score (nSPS) is 15.9. The minimum Gasteiger partial charge on any atom is -0.491 e. The molecule has 0 spiro atoms. The molecular weight excluding hydrogens is 340 g/mol. The van der Waals surface area contributed by atoms with Crippen molar-refractivity contribution >= 4 is 11.8 Å². The first-order valence-corrected chi connectivity index (χ1v) is 10.6. The van der Waals surface area contributed by atoms with E-state index in [1.807, 2.05) is 31.2 Å². The highest BCUT2D eigenvalue weighted by molar-refractivity contribution is 5.86. The molecule has 0 radical (unpaired) electrons. The Kier molecular flexibility index (Phi) is 10.1. The standard InChI is InChI=1S/C22H36N2O3/c1-3-4-5-6-12-17-26-21-14-9-8-13-20(21)23-22(25)27-19(2)18-24-15-10-7-11-16-24/h8-9,13-14,19H,3-7,10-12,15-18H2,1-2H3,(H,23,25)/t19-/m0/s1. The van der Waals surface area contributed by atoms with E-state index in [2.05, 4.69) is 17.1 Å². The van der Waals surface area contributed by atoms with Crippen molar-refractivity contribution in [1.29, 1.82) is 0 Å². The van der Waals surface area contributed by atoms with E-state index in [0.29, 0.717) is 18.0 Å². The number of ether oxygens (including phenoxy) is 2. The summed E-state index contributed by atoms with van der Waals surface area (Å²) in [4.78, 5) is 14.6. The van der Waals surface area contributed by atoms with Gasteiger partial charge in [-0.25, -0.2) is 4.79 Å². The number of anilines is 1. The second-order valence-corrected chi connectivity index (χ2v) is 7.46. The summed E-state index contributed by atoms with van der Waals surface area (Å²) in [5.41, 5.74) is 0.668. The van der Waals surface area contributed by atoms with Crippen LogP contribution in [-0.2, 0) is 4.74 Å². The van der Waals surface area contributed by atoms with Gasteiger partial charge in [0.25, 0.3) is 0 Å². The number of nitrogens with zero attached hydrogens (tertiary/aromatic N) is 1. The van der Waals surface area contributed by atoms with Crippen molar-refractivity contribution in [3.8, 4) is 5.75 Å². The average Bonchev–Trinajstić information content (AvgIpc) is 2.66. The number of piperidine rings is 1. The van der Waals surface area contributed by atoms with Crippen molar-refractivity contribution in [1.82, 2.24) is 4.90 Å². The van der Waals surface area contributed by atoms with Gasteiger partial charge in [0.05, 0.1) is 12.3 Å². The number of hydrogen-bond donors (Lipinski definition) is 1. The maximum absolute atomic E-state index is 12.3. The minimum absolute atomic E-state index is 0.130. The maximum atomic E-state index is 12.3. The van der Waals surface area contributed by atoms with E-state index in [1.54, 1.807) is 0 Å². The number of carbonyl (C=O) groups excluding carboxylic acids is 1. The van der Waals surface area contributed by atoms with Gasteiger partial charge in [0.1, 0.15) is 11.9 Å². The van der Waals surface area contributed by atoms with Crippen LogP contribution in [0.4, 0.5) is 10.5 Å². The zero-order valence-electron chi connectivity index (χ0n) is 17.0. The predicted molar refractivity (Wildman–Crippen MR) is 111 cm³/mol. The SMILES string of the molecule is CCCCCCCOc1ccccc1NC(=O)O[C@@H](C)CN1CCCCC1. The molecule has 1 aromatic carbocycles. The van der Waals surface area contributed by atoms with Crippen LogP contribution < -0.4 is 10.1 Å². The fraction of sp³-hybridized carbons (Fsp3) is 0.682. The highest BCUT2D eigenvalue weighted by Gasteiger charge is 2.17. The molecule has 0 aliphatic carbocycles. The van der Waals surface area contributed by atoms with Crippen molar-refractivity contribution < 1.29 is 14.3 Å². The van der Waals surface area contributed by atoms with Crippen LogP contribution >= 0.6 is 0 Å². The van der Waals surface area contributed by atoms with Crippen molar-refractivity contribution in [2.75, 3.05) is 31.6 Å². The summed E-state index contributed by atoms with van der Waals surface area (Å²) in [6, 6.07) is 7.55. The van der Waals surface area contributed by atoms with Gasteiger partial charge in [0.15, 0.2) is 0 Å². The predicted octanol–water partition coefficient (Wildman–Crippen LogP) is 5.46. The first kappa shape index (κ1) is 21.5. The first-order chi connectivity index (χ1) is 13.2. The van der Waals surface area contributed by atoms with Crippen LogP contribution in [0.1, 0.15) is 65.2 Å². The molecule has 1 amide bonds. The van der Waals surface area contributed by atoms with Gasteiger partial charge in [-0.1, -0.05) is 51.2 Å². The minimum atomic E-state index is -0.418. The summed E-state index contributed by atoms with van der Waals surface area (Å²) in [5.74, 6) is 0.702. The topological polar surface area (TPSA) is 50.8 Å². The number of likely N-dealkylation sites (tertiary alicyclic amines) is 1. The van der Waals surface area contributed by atoms with Crippen LogP contribution in [0.2, 0.25) is 0 Å². The molecule has 2 rings (SSSR count). The van der Waals surface area contributed by atoms with Crippen LogP contribution in [0.25, 0.3) is 0 Å². The summed E-state index contributed by atoms with van der Waals surface area (Å²) in [6.07, 6.45) is 9.22. The highest BCUT2D eigenvalue weighted by atomic mass is 16.6. The Bertz CT molecular complexity index is 544.